The minimum Gasteiger partial charge on any atom is -0.303 e. The molecule has 0 aliphatic heterocycles. The van der Waals surface area contributed by atoms with Gasteiger partial charge in [-0.05, 0) is 74.0 Å². The number of carbonyl (C=O) groups is 1. The Labute approximate surface area is 130 Å². The van der Waals surface area contributed by atoms with E-state index in [0.717, 1.165) is 12.3 Å². The van der Waals surface area contributed by atoms with Crippen molar-refractivity contribution >= 4 is 6.29 Å². The molecule has 0 aromatic rings. The minimum absolute atomic E-state index is 0.0681. The summed E-state index contributed by atoms with van der Waals surface area (Å²) in [4.78, 5) is 11.8. The first-order chi connectivity index (χ1) is 9.90. The summed E-state index contributed by atoms with van der Waals surface area (Å²) in [7, 11) is 0. The average molecular weight is 288 g/mol. The highest BCUT2D eigenvalue weighted by molar-refractivity contribution is 5.60. The van der Waals surface area contributed by atoms with Crippen LogP contribution in [0.3, 0.4) is 0 Å². The molecule has 1 nitrogen and oxygen atoms in total. The van der Waals surface area contributed by atoms with Crippen LogP contribution in [-0.2, 0) is 4.79 Å². The smallest absolute Gasteiger partial charge is 0.126 e. The lowest BCUT2D eigenvalue weighted by molar-refractivity contribution is -0.157. The summed E-state index contributed by atoms with van der Waals surface area (Å²) in [5.41, 5.74) is 2.27. The highest BCUT2D eigenvalue weighted by Crippen LogP contribution is 2.68. The van der Waals surface area contributed by atoms with Crippen LogP contribution in [0, 0.1) is 28.1 Å². The first-order valence-electron chi connectivity index (χ1n) is 9.03. The Kier molecular flexibility index (Phi) is 3.62. The van der Waals surface area contributed by atoms with Crippen molar-refractivity contribution in [2.24, 2.45) is 28.1 Å². The third-order valence-corrected chi connectivity index (χ3v) is 7.85. The maximum absolute atomic E-state index is 11.8. The second-order valence-electron chi connectivity index (χ2n) is 8.81. The molecule has 0 bridgehead atoms. The fraction of sp³-hybridized carbons (Fsp3) is 0.850. The van der Waals surface area contributed by atoms with Crippen molar-refractivity contribution in [1.82, 2.24) is 0 Å². The van der Waals surface area contributed by atoms with E-state index in [1.807, 2.05) is 0 Å². The SMILES string of the molecule is C=C1CCC2[C@](CC)(CCC3[C@@]2(C)CCC[C@@]3(C)C=O)C1. The molecule has 2 unspecified atom stereocenters. The number of rotatable bonds is 2. The number of carbonyl (C=O) groups excluding carboxylic acids is 1. The third kappa shape index (κ3) is 2.06. The van der Waals surface area contributed by atoms with Crippen LogP contribution in [0.4, 0.5) is 0 Å². The Bertz CT molecular complexity index is 453. The molecule has 5 atom stereocenters. The molecule has 0 saturated heterocycles. The Hall–Kier alpha value is -0.590. The summed E-state index contributed by atoms with van der Waals surface area (Å²) >= 11 is 0. The zero-order valence-electron chi connectivity index (χ0n) is 14.2. The third-order valence-electron chi connectivity index (χ3n) is 7.85. The Morgan fingerprint density at radius 2 is 1.95 bits per heavy atom. The van der Waals surface area contributed by atoms with Crippen molar-refractivity contribution in [2.45, 2.75) is 78.6 Å². The van der Waals surface area contributed by atoms with Crippen molar-refractivity contribution in [1.29, 1.82) is 0 Å². The summed E-state index contributed by atoms with van der Waals surface area (Å²) in [6.07, 6.45) is 12.6. The predicted octanol–water partition coefficient (Wildman–Crippen LogP) is 5.54. The van der Waals surface area contributed by atoms with E-state index in [2.05, 4.69) is 27.4 Å². The Morgan fingerprint density at radius 1 is 1.19 bits per heavy atom. The highest BCUT2D eigenvalue weighted by Gasteiger charge is 2.60. The number of allylic oxidation sites excluding steroid dienone is 1. The number of hydrogen-bond acceptors (Lipinski definition) is 1. The molecule has 0 heterocycles. The summed E-state index contributed by atoms with van der Waals surface area (Å²) in [5.74, 6) is 1.41. The predicted molar refractivity (Wildman–Crippen MR) is 88.1 cm³/mol. The van der Waals surface area contributed by atoms with Gasteiger partial charge in [-0.3, -0.25) is 0 Å². The van der Waals surface area contributed by atoms with Gasteiger partial charge in [0.2, 0.25) is 0 Å². The fourth-order valence-electron chi connectivity index (χ4n) is 6.81. The topological polar surface area (TPSA) is 17.1 Å². The second kappa shape index (κ2) is 4.96. The molecule has 0 radical (unpaired) electrons. The van der Waals surface area contributed by atoms with E-state index in [0.29, 0.717) is 16.7 Å². The van der Waals surface area contributed by atoms with Crippen LogP contribution in [0.25, 0.3) is 0 Å². The van der Waals surface area contributed by atoms with Gasteiger partial charge < -0.3 is 4.79 Å². The molecular weight excluding hydrogens is 256 g/mol. The van der Waals surface area contributed by atoms with Crippen LogP contribution >= 0.6 is 0 Å². The molecule has 0 aromatic carbocycles. The molecule has 21 heavy (non-hydrogen) atoms. The van der Waals surface area contributed by atoms with Crippen LogP contribution in [0.1, 0.15) is 78.6 Å². The van der Waals surface area contributed by atoms with Gasteiger partial charge in [-0.1, -0.05) is 39.3 Å². The summed E-state index contributed by atoms with van der Waals surface area (Å²) < 4.78 is 0. The lowest BCUT2D eigenvalue weighted by Crippen LogP contribution is -2.57. The fourth-order valence-corrected chi connectivity index (χ4v) is 6.81. The standard InChI is InChI=1S/C20H32O/c1-5-20-12-9-16-18(3,14-21)10-6-11-19(16,4)17(20)8-7-15(2)13-20/h14,16-17H,2,5-13H2,1,3-4H3/t16?,17?,18-,19+,20+/m0/s1. The summed E-state index contributed by atoms with van der Waals surface area (Å²) in [6.45, 7) is 11.5. The van der Waals surface area contributed by atoms with Crippen LogP contribution in [-0.4, -0.2) is 6.29 Å². The molecule has 118 valence electrons. The average Bonchev–Trinajstić information content (AvgIpc) is 2.46. The number of aldehydes is 1. The molecule has 1 heteroatoms. The maximum Gasteiger partial charge on any atom is 0.126 e. The largest absolute Gasteiger partial charge is 0.303 e. The van der Waals surface area contributed by atoms with E-state index < -0.39 is 0 Å². The first-order valence-corrected chi connectivity index (χ1v) is 9.03. The Morgan fingerprint density at radius 3 is 2.62 bits per heavy atom. The molecule has 3 rings (SSSR count). The van der Waals surface area contributed by atoms with Crippen LogP contribution in [0.15, 0.2) is 12.2 Å². The van der Waals surface area contributed by atoms with Crippen LogP contribution in [0.2, 0.25) is 0 Å². The van der Waals surface area contributed by atoms with Crippen molar-refractivity contribution in [3.8, 4) is 0 Å². The van der Waals surface area contributed by atoms with Gasteiger partial charge in [-0.15, -0.1) is 0 Å². The molecular formula is C20H32O. The minimum atomic E-state index is -0.0681. The molecule has 3 saturated carbocycles. The molecule has 0 N–H and O–H groups in total. The van der Waals surface area contributed by atoms with Crippen molar-refractivity contribution in [3.63, 3.8) is 0 Å². The molecule has 0 spiro atoms. The maximum atomic E-state index is 11.8. The van der Waals surface area contributed by atoms with Gasteiger partial charge in [-0.2, -0.15) is 0 Å². The monoisotopic (exact) mass is 288 g/mol. The van der Waals surface area contributed by atoms with Crippen molar-refractivity contribution in [2.75, 3.05) is 0 Å². The lowest BCUT2D eigenvalue weighted by atomic mass is 9.40. The van der Waals surface area contributed by atoms with E-state index in [9.17, 15) is 4.79 Å². The normalized spacial score (nSPS) is 50.1. The van der Waals surface area contributed by atoms with E-state index >= 15 is 0 Å². The summed E-state index contributed by atoms with van der Waals surface area (Å²) in [5, 5.41) is 0. The first kappa shape index (κ1) is 15.3. The molecule has 0 amide bonds. The van der Waals surface area contributed by atoms with Gasteiger partial charge in [0.25, 0.3) is 0 Å². The second-order valence-corrected chi connectivity index (χ2v) is 8.81. The van der Waals surface area contributed by atoms with E-state index in [-0.39, 0.29) is 5.41 Å². The highest BCUT2D eigenvalue weighted by atomic mass is 16.1. The summed E-state index contributed by atoms with van der Waals surface area (Å²) in [6, 6.07) is 0. The molecule has 3 aliphatic rings. The molecule has 3 aliphatic carbocycles. The van der Waals surface area contributed by atoms with Gasteiger partial charge in [0.05, 0.1) is 0 Å². The quantitative estimate of drug-likeness (QED) is 0.481. The van der Waals surface area contributed by atoms with Gasteiger partial charge in [-0.25, -0.2) is 0 Å². The van der Waals surface area contributed by atoms with Crippen LogP contribution in [0.5, 0.6) is 0 Å². The number of hydrogen-bond donors (Lipinski definition) is 0. The number of fused-ring (bicyclic) bond motifs is 3. The van der Waals surface area contributed by atoms with E-state index in [4.69, 9.17) is 0 Å². The van der Waals surface area contributed by atoms with E-state index in [1.165, 1.54) is 63.2 Å². The van der Waals surface area contributed by atoms with Crippen molar-refractivity contribution in [3.05, 3.63) is 12.2 Å². The zero-order valence-corrected chi connectivity index (χ0v) is 14.2. The van der Waals surface area contributed by atoms with Gasteiger partial charge >= 0.3 is 0 Å². The lowest BCUT2D eigenvalue weighted by Gasteiger charge is -2.64. The van der Waals surface area contributed by atoms with E-state index in [1.54, 1.807) is 0 Å². The van der Waals surface area contributed by atoms with Gasteiger partial charge in [0.15, 0.2) is 0 Å². The molecule has 0 aromatic heterocycles. The Balaban J connectivity index is 2.00. The van der Waals surface area contributed by atoms with Gasteiger partial charge in [0.1, 0.15) is 6.29 Å². The van der Waals surface area contributed by atoms with Gasteiger partial charge in [0, 0.05) is 5.41 Å². The zero-order chi connectivity index (χ0) is 15.3. The van der Waals surface area contributed by atoms with Crippen molar-refractivity contribution < 1.29 is 4.79 Å². The van der Waals surface area contributed by atoms with Crippen LogP contribution < -0.4 is 0 Å². The molecule has 3 fully saturated rings.